The molecule has 8 N–H and O–H groups in total. The molecule has 0 aliphatic carbocycles. The van der Waals surface area contributed by atoms with Crippen molar-refractivity contribution in [1.29, 1.82) is 0 Å². The second kappa shape index (κ2) is 22.6. The van der Waals surface area contributed by atoms with Crippen molar-refractivity contribution >= 4 is 90.3 Å². The van der Waals surface area contributed by atoms with Crippen molar-refractivity contribution in [1.82, 2.24) is 44.4 Å². The molecule has 15 nitrogen and oxygen atoms in total. The number of carbonyl (C=O) groups excluding carboxylic acids is 1. The minimum Gasteiger partial charge on any atom is -0.478 e. The summed E-state index contributed by atoms with van der Waals surface area (Å²) in [6.45, 7) is 9.81. The quantitative estimate of drug-likeness (QED) is 0.0909. The standard InChI is InChI=1S/C26H23ClN6O.C18H12ClN3O2.C8H13N3.CH3F/c1-15-7-25(28)32-16(2)21(15)11-31-26(34)22-14-33(24-12-29-6-5-20(22)24)13-17-3-4-23-18(8-17)9-19(27)10-30-23;19-13-6-12-5-11(1-2-16(12)21-7-13)9-22-10-15(18(23)24)14-3-4-20-8-17(14)22;1-5-3-8(10)11-6(2)7(5)4-9;1-2/h3-10,12,14H,11,13H2,1-2H3,(H2,28,32)(H,31,34);1-8,10H,9H2,(H,23,24);3H,4,9H2,1-2H3,(H2,10,11);1H3/i;;;1D. The Morgan fingerprint density at radius 3 is 1.62 bits per heavy atom. The zero-order valence-electron chi connectivity index (χ0n) is 40.3. The number of pyridine rings is 6. The number of alkyl halides is 1. The number of nitrogen functional groups attached to an aromatic ring is 2. The van der Waals surface area contributed by atoms with Gasteiger partial charge in [0.15, 0.2) is 0 Å². The Morgan fingerprint density at radius 2 is 1.15 bits per heavy atom. The van der Waals surface area contributed by atoms with Gasteiger partial charge in [-0.2, -0.15) is 0 Å². The van der Waals surface area contributed by atoms with Crippen LogP contribution >= 0.6 is 23.2 Å². The van der Waals surface area contributed by atoms with E-state index < -0.39 is 13.1 Å². The summed E-state index contributed by atoms with van der Waals surface area (Å²) in [5.41, 5.74) is 29.2. The van der Waals surface area contributed by atoms with E-state index in [4.69, 9.17) is 41.8 Å². The lowest BCUT2D eigenvalue weighted by atomic mass is 10.1. The number of nitrogens with zero attached hydrogens (tertiary/aromatic N) is 8. The van der Waals surface area contributed by atoms with Crippen molar-refractivity contribution in [2.24, 2.45) is 5.73 Å². The van der Waals surface area contributed by atoms with Gasteiger partial charge >= 0.3 is 5.97 Å². The molecule has 1 amide bonds. The van der Waals surface area contributed by atoms with E-state index in [2.05, 4.69) is 41.3 Å². The molecule has 0 saturated heterocycles. The summed E-state index contributed by atoms with van der Waals surface area (Å²) in [5.74, 6) is -0.0518. The predicted octanol–water partition coefficient (Wildman–Crippen LogP) is 10.1. The first-order valence-corrected chi connectivity index (χ1v) is 22.8. The van der Waals surface area contributed by atoms with Gasteiger partial charge in [0.1, 0.15) is 11.6 Å². The fourth-order valence-electron chi connectivity index (χ4n) is 8.40. The number of rotatable bonds is 9. The highest BCUT2D eigenvalue weighted by Crippen LogP contribution is 2.26. The van der Waals surface area contributed by atoms with Crippen LogP contribution in [0.25, 0.3) is 43.6 Å². The number of hydrogen-bond donors (Lipinski definition) is 5. The van der Waals surface area contributed by atoms with Crippen molar-refractivity contribution in [3.8, 4) is 0 Å². The summed E-state index contributed by atoms with van der Waals surface area (Å²) >= 11 is 12.1. The van der Waals surface area contributed by atoms with E-state index in [1.165, 1.54) is 0 Å². The van der Waals surface area contributed by atoms with Gasteiger partial charge in [-0.3, -0.25) is 29.1 Å². The highest BCUT2D eigenvalue weighted by molar-refractivity contribution is 6.31. The van der Waals surface area contributed by atoms with E-state index in [9.17, 15) is 19.1 Å². The zero-order chi connectivity index (χ0) is 51.6. The zero-order valence-corrected chi connectivity index (χ0v) is 40.8. The minimum atomic E-state index is -1.00. The maximum atomic E-state index is 13.2. The number of benzene rings is 2. The van der Waals surface area contributed by atoms with Gasteiger partial charge in [0.25, 0.3) is 5.91 Å². The van der Waals surface area contributed by atoms with Gasteiger partial charge in [0.2, 0.25) is 0 Å². The highest BCUT2D eigenvalue weighted by atomic mass is 35.5. The molecule has 8 aromatic heterocycles. The topological polar surface area (TPSA) is 232 Å². The highest BCUT2D eigenvalue weighted by Gasteiger charge is 2.18. The lowest BCUT2D eigenvalue weighted by Crippen LogP contribution is -2.24. The molecule has 10 rings (SSSR count). The van der Waals surface area contributed by atoms with Crippen LogP contribution in [0.2, 0.25) is 10.0 Å². The SMILES string of the molecule is Cc1cc(N)nc(C)c1CN.Cc1cc(N)nc(C)c1CNC(=O)c1cn(Cc2ccc3ncc(Cl)cc3c2)c2cnccc12.O=C(O)c1cn(Cc2ccc3ncc(Cl)cc3c2)c2cnccc12.[2H]CF. The van der Waals surface area contributed by atoms with Crippen LogP contribution in [0.4, 0.5) is 16.0 Å². The number of halogens is 3. The number of carboxylic acids is 1. The van der Waals surface area contributed by atoms with Gasteiger partial charge < -0.3 is 36.8 Å². The average Bonchev–Trinajstić information content (AvgIpc) is 3.90. The van der Waals surface area contributed by atoms with Crippen LogP contribution < -0.4 is 22.5 Å². The summed E-state index contributed by atoms with van der Waals surface area (Å²) in [6.07, 6.45) is 13.5. The molecule has 18 heteroatoms. The number of fused-ring (bicyclic) bond motifs is 4. The van der Waals surface area contributed by atoms with Crippen LogP contribution in [0.5, 0.6) is 0 Å². The third-order valence-electron chi connectivity index (χ3n) is 11.8. The Bertz CT molecular complexity index is 3560. The fraction of sp³-hybridized carbons (Fsp3) is 0.170. The number of hydrogen-bond acceptors (Lipinski definition) is 11. The van der Waals surface area contributed by atoms with E-state index in [1.54, 1.807) is 49.4 Å². The number of nitrogens with one attached hydrogen (secondary N) is 1. The van der Waals surface area contributed by atoms with E-state index in [0.29, 0.717) is 58.8 Å². The molecule has 0 spiro atoms. The number of aryl methyl sites for hydroxylation is 4. The monoisotopic (exact) mass is 993 g/mol. The summed E-state index contributed by atoms with van der Waals surface area (Å²) in [4.78, 5) is 50.1. The lowest BCUT2D eigenvalue weighted by molar-refractivity contribution is 0.0698. The first kappa shape index (κ1) is 49.4. The average molecular weight is 995 g/mol. The third kappa shape index (κ3) is 11.9. The van der Waals surface area contributed by atoms with Crippen molar-refractivity contribution in [2.75, 3.05) is 18.6 Å². The molecule has 0 atom stereocenters. The minimum absolute atomic E-state index is 0.153. The van der Waals surface area contributed by atoms with Gasteiger partial charge in [-0.05, 0) is 122 Å². The smallest absolute Gasteiger partial charge is 0.337 e. The molecule has 2 aromatic carbocycles. The van der Waals surface area contributed by atoms with Gasteiger partial charge in [0, 0.05) is 96.3 Å². The molecule has 0 bridgehead atoms. The Kier molecular flexibility index (Phi) is 15.7. The molecule has 8 heterocycles. The Morgan fingerprint density at radius 1 is 0.690 bits per heavy atom. The molecule has 0 saturated carbocycles. The van der Waals surface area contributed by atoms with E-state index in [0.717, 1.165) is 83.0 Å². The molecular formula is C53H51Cl2FN12O3. The van der Waals surface area contributed by atoms with Gasteiger partial charge in [-0.15, -0.1) is 0 Å². The number of nitrogens with two attached hydrogens (primary N) is 3. The first-order chi connectivity index (χ1) is 34.6. The van der Waals surface area contributed by atoms with Gasteiger partial charge in [-0.25, -0.2) is 14.8 Å². The Hall–Kier alpha value is -8.05. The van der Waals surface area contributed by atoms with Crippen molar-refractivity contribution in [3.05, 3.63) is 188 Å². The largest absolute Gasteiger partial charge is 0.478 e. The molecule has 10 aromatic rings. The summed E-state index contributed by atoms with van der Waals surface area (Å²) in [6, 6.07) is 23.0. The van der Waals surface area contributed by atoms with Gasteiger partial charge in [0.05, 0.1) is 64.2 Å². The van der Waals surface area contributed by atoms with Crippen LogP contribution in [0, 0.1) is 27.7 Å². The number of anilines is 2. The molecule has 0 unspecified atom stereocenters. The number of aromatic carboxylic acids is 1. The predicted molar refractivity (Wildman–Crippen MR) is 280 cm³/mol. The number of amides is 1. The Balaban J connectivity index is 0.000000173. The molecule has 0 radical (unpaired) electrons. The van der Waals surface area contributed by atoms with E-state index in [1.807, 2.05) is 104 Å². The van der Waals surface area contributed by atoms with Crippen LogP contribution in [0.1, 0.15) is 66.9 Å². The van der Waals surface area contributed by atoms with Crippen molar-refractivity contribution in [2.45, 2.75) is 53.9 Å². The molecule has 0 fully saturated rings. The first-order valence-electron chi connectivity index (χ1n) is 22.7. The summed E-state index contributed by atoms with van der Waals surface area (Å²) in [5, 5.41) is 17.1. The maximum Gasteiger partial charge on any atom is 0.337 e. The molecule has 0 aliphatic rings. The molecule has 71 heavy (non-hydrogen) atoms. The number of carboxylic acid groups (broad SMARTS) is 1. The number of carbonyl (C=O) groups is 2. The number of aromatic nitrogens is 8. The van der Waals surface area contributed by atoms with E-state index in [-0.39, 0.29) is 11.5 Å². The molecular weight excluding hydrogens is 943 g/mol. The van der Waals surface area contributed by atoms with Crippen LogP contribution in [0.3, 0.4) is 0 Å². The molecule has 0 aliphatic heterocycles. The van der Waals surface area contributed by atoms with Crippen LogP contribution in [-0.2, 0) is 26.2 Å². The van der Waals surface area contributed by atoms with Crippen LogP contribution in [-0.4, -0.2) is 63.2 Å². The van der Waals surface area contributed by atoms with E-state index >= 15 is 0 Å². The second-order valence-electron chi connectivity index (χ2n) is 16.5. The maximum absolute atomic E-state index is 13.2. The van der Waals surface area contributed by atoms with Crippen molar-refractivity contribution < 1.29 is 20.5 Å². The third-order valence-corrected chi connectivity index (χ3v) is 12.2. The fourth-order valence-corrected chi connectivity index (χ4v) is 8.73. The van der Waals surface area contributed by atoms with Crippen LogP contribution in [0.15, 0.2) is 122 Å². The Labute approximate surface area is 419 Å². The second-order valence-corrected chi connectivity index (χ2v) is 17.4. The summed E-state index contributed by atoms with van der Waals surface area (Å²) < 4.78 is 19.4. The normalized spacial score (nSPS) is 11.0. The summed E-state index contributed by atoms with van der Waals surface area (Å²) in [7, 11) is -1.00. The van der Waals surface area contributed by atoms with Crippen molar-refractivity contribution in [3.63, 3.8) is 0 Å². The molecule has 362 valence electrons. The van der Waals surface area contributed by atoms with Gasteiger partial charge in [-0.1, -0.05) is 35.3 Å². The lowest BCUT2D eigenvalue weighted by Gasteiger charge is -2.11.